The molecule has 5 heteroatoms. The molecule has 0 saturated heterocycles. The van der Waals surface area contributed by atoms with Gasteiger partial charge in [-0.25, -0.2) is 0 Å². The number of hydrogen-bond acceptors (Lipinski definition) is 3. The standard InChI is InChI=1S/C40H21BN2OS/c1-2-10-23-20-31-27(19-22(23)9-1)24-12-7-13-25-28-21-35-36(26-11-3-6-18-34(26)45-35)40-37(28)41(43(31)38(24)25)29-14-8-17-33-39(29)42(40)30-15-4-5-16-32(30)44-33/h1-21H. The van der Waals surface area contributed by atoms with Crippen LogP contribution in [0.1, 0.15) is 0 Å². The van der Waals surface area contributed by atoms with Crippen molar-refractivity contribution in [1.82, 2.24) is 4.48 Å². The highest BCUT2D eigenvalue weighted by Crippen LogP contribution is 2.56. The summed E-state index contributed by atoms with van der Waals surface area (Å²) in [5.41, 5.74) is 11.4. The van der Waals surface area contributed by atoms with Crippen molar-refractivity contribution in [2.24, 2.45) is 0 Å². The first kappa shape index (κ1) is 22.9. The molecule has 5 heterocycles. The van der Waals surface area contributed by atoms with E-state index in [9.17, 15) is 0 Å². The van der Waals surface area contributed by atoms with E-state index < -0.39 is 0 Å². The lowest BCUT2D eigenvalue weighted by Gasteiger charge is -2.43. The Balaban J connectivity index is 1.35. The third kappa shape index (κ3) is 2.63. The summed E-state index contributed by atoms with van der Waals surface area (Å²) in [6.45, 7) is -0.00538. The minimum atomic E-state index is -0.00538. The molecule has 0 bridgehead atoms. The SMILES string of the molecule is c1ccc2c(c1)Oc1cccc3c1N2c1c2c(cc4sc5ccccc5c14)-c1cccc4c5cc6ccccc6cc5n(c14)B32. The second-order valence-electron chi connectivity index (χ2n) is 12.4. The summed E-state index contributed by atoms with van der Waals surface area (Å²) in [5.74, 6) is 1.80. The number of anilines is 3. The summed E-state index contributed by atoms with van der Waals surface area (Å²) in [5, 5.41) is 7.79. The molecule has 0 N–H and O–H groups in total. The van der Waals surface area contributed by atoms with Crippen molar-refractivity contribution < 1.29 is 4.74 Å². The number of fused-ring (bicyclic) bond motifs is 14. The average molecular weight is 589 g/mol. The van der Waals surface area contributed by atoms with E-state index in [1.807, 2.05) is 11.3 Å². The fourth-order valence-corrected chi connectivity index (χ4v) is 9.74. The molecule has 0 atom stereocenters. The Bertz CT molecular complexity index is 2830. The molecule has 0 fully saturated rings. The summed E-state index contributed by atoms with van der Waals surface area (Å²) in [4.78, 5) is 2.52. The fourth-order valence-electron chi connectivity index (χ4n) is 8.59. The topological polar surface area (TPSA) is 17.4 Å². The minimum Gasteiger partial charge on any atom is -0.453 e. The zero-order valence-electron chi connectivity index (χ0n) is 23.9. The molecule has 3 aliphatic rings. The van der Waals surface area contributed by atoms with Gasteiger partial charge < -0.3 is 14.1 Å². The van der Waals surface area contributed by atoms with E-state index in [1.54, 1.807) is 0 Å². The van der Waals surface area contributed by atoms with E-state index in [2.05, 4.69) is 137 Å². The van der Waals surface area contributed by atoms with Crippen LogP contribution in [-0.2, 0) is 0 Å². The summed E-state index contributed by atoms with van der Waals surface area (Å²) in [6.07, 6.45) is 0. The number of nitrogens with zero attached hydrogens (tertiary/aromatic N) is 2. The maximum Gasteiger partial charge on any atom is 0.333 e. The van der Waals surface area contributed by atoms with E-state index in [0.29, 0.717) is 0 Å². The Labute approximate surface area is 262 Å². The highest BCUT2D eigenvalue weighted by Gasteiger charge is 2.46. The van der Waals surface area contributed by atoms with Gasteiger partial charge in [-0.05, 0) is 69.7 Å². The molecule has 0 aliphatic carbocycles. The Morgan fingerprint density at radius 3 is 2.31 bits per heavy atom. The number of benzene rings is 7. The Hall–Kier alpha value is -5.52. The summed E-state index contributed by atoms with van der Waals surface area (Å²) in [7, 11) is 0. The lowest BCUT2D eigenvalue weighted by molar-refractivity contribution is 0.477. The van der Waals surface area contributed by atoms with Crippen LogP contribution in [0.4, 0.5) is 17.1 Å². The van der Waals surface area contributed by atoms with Crippen molar-refractivity contribution in [3.63, 3.8) is 0 Å². The Morgan fingerprint density at radius 2 is 1.36 bits per heavy atom. The van der Waals surface area contributed by atoms with E-state index in [-0.39, 0.29) is 6.85 Å². The molecular formula is C40H21BN2OS. The van der Waals surface area contributed by atoms with Gasteiger partial charge in [-0.15, -0.1) is 11.3 Å². The highest BCUT2D eigenvalue weighted by molar-refractivity contribution is 7.26. The molecule has 0 spiro atoms. The molecule has 0 saturated carbocycles. The maximum atomic E-state index is 6.68. The molecule has 9 aromatic rings. The van der Waals surface area contributed by atoms with Gasteiger partial charge in [0.2, 0.25) is 0 Å². The van der Waals surface area contributed by atoms with Crippen molar-refractivity contribution in [2.45, 2.75) is 0 Å². The van der Waals surface area contributed by atoms with Crippen molar-refractivity contribution in [1.29, 1.82) is 0 Å². The van der Waals surface area contributed by atoms with Crippen LogP contribution in [0.3, 0.4) is 0 Å². The molecular weight excluding hydrogens is 567 g/mol. The summed E-state index contributed by atoms with van der Waals surface area (Å²) < 4.78 is 12.0. The number of hydrogen-bond donors (Lipinski definition) is 0. The zero-order valence-corrected chi connectivity index (χ0v) is 24.7. The third-order valence-corrected chi connectivity index (χ3v) is 11.4. The second kappa shape index (κ2) is 7.76. The number of para-hydroxylation sites is 4. The molecule has 0 radical (unpaired) electrons. The quantitative estimate of drug-likeness (QED) is 0.164. The van der Waals surface area contributed by atoms with Gasteiger partial charge in [0, 0.05) is 47.5 Å². The van der Waals surface area contributed by atoms with Gasteiger partial charge in [-0.1, -0.05) is 84.9 Å². The fraction of sp³-hybridized carbons (Fsp3) is 0. The van der Waals surface area contributed by atoms with Crippen LogP contribution in [0.15, 0.2) is 127 Å². The van der Waals surface area contributed by atoms with Gasteiger partial charge in [0.05, 0.1) is 17.1 Å². The first-order valence-electron chi connectivity index (χ1n) is 15.5. The first-order valence-corrected chi connectivity index (χ1v) is 16.3. The van der Waals surface area contributed by atoms with Gasteiger partial charge in [-0.3, -0.25) is 0 Å². The van der Waals surface area contributed by atoms with E-state index in [1.165, 1.54) is 80.5 Å². The van der Waals surface area contributed by atoms with Crippen molar-refractivity contribution >= 4 is 98.9 Å². The second-order valence-corrected chi connectivity index (χ2v) is 13.5. The van der Waals surface area contributed by atoms with Crippen molar-refractivity contribution in [3.8, 4) is 22.6 Å². The molecule has 45 heavy (non-hydrogen) atoms. The van der Waals surface area contributed by atoms with Crippen molar-refractivity contribution in [3.05, 3.63) is 127 Å². The predicted octanol–water partition coefficient (Wildman–Crippen LogP) is 9.84. The lowest BCUT2D eigenvalue weighted by Crippen LogP contribution is -2.57. The number of rotatable bonds is 0. The normalized spacial score (nSPS) is 13.9. The Kier molecular flexibility index (Phi) is 3.96. The van der Waals surface area contributed by atoms with Crippen molar-refractivity contribution in [2.75, 3.05) is 4.90 Å². The predicted molar refractivity (Wildman–Crippen MR) is 190 cm³/mol. The van der Waals surface area contributed by atoms with Crippen LogP contribution >= 0.6 is 11.3 Å². The molecule has 0 amide bonds. The third-order valence-electron chi connectivity index (χ3n) is 10.3. The molecule has 3 nitrogen and oxygen atoms in total. The van der Waals surface area contributed by atoms with Gasteiger partial charge in [0.15, 0.2) is 11.5 Å². The van der Waals surface area contributed by atoms with Crippen LogP contribution in [0.5, 0.6) is 11.5 Å². The monoisotopic (exact) mass is 588 g/mol. The lowest BCUT2D eigenvalue weighted by atomic mass is 9.45. The van der Waals surface area contributed by atoms with Crippen LogP contribution in [-0.4, -0.2) is 11.3 Å². The van der Waals surface area contributed by atoms with E-state index in [0.717, 1.165) is 22.9 Å². The van der Waals surface area contributed by atoms with Crippen LogP contribution in [0.2, 0.25) is 0 Å². The highest BCUT2D eigenvalue weighted by atomic mass is 32.1. The molecule has 206 valence electrons. The van der Waals surface area contributed by atoms with Gasteiger partial charge in [0.1, 0.15) is 0 Å². The molecule has 0 unspecified atom stereocenters. The number of ether oxygens (including phenoxy) is 1. The number of thiophene rings is 1. The summed E-state index contributed by atoms with van der Waals surface area (Å²) in [6, 6.07) is 47.0. The largest absolute Gasteiger partial charge is 0.453 e. The van der Waals surface area contributed by atoms with E-state index in [4.69, 9.17) is 4.74 Å². The van der Waals surface area contributed by atoms with Crippen LogP contribution < -0.4 is 20.6 Å². The zero-order chi connectivity index (χ0) is 29.0. The van der Waals surface area contributed by atoms with Crippen LogP contribution in [0, 0.1) is 0 Å². The number of aromatic nitrogens is 1. The molecule has 7 aromatic carbocycles. The maximum absolute atomic E-state index is 6.68. The average Bonchev–Trinajstić information content (AvgIpc) is 3.62. The summed E-state index contributed by atoms with van der Waals surface area (Å²) >= 11 is 1.90. The van der Waals surface area contributed by atoms with Crippen LogP contribution in [0.25, 0.3) is 63.9 Å². The molecule has 3 aliphatic heterocycles. The van der Waals surface area contributed by atoms with Gasteiger partial charge in [-0.2, -0.15) is 0 Å². The Morgan fingerprint density at radius 1 is 0.578 bits per heavy atom. The smallest absolute Gasteiger partial charge is 0.333 e. The van der Waals surface area contributed by atoms with E-state index >= 15 is 0 Å². The van der Waals surface area contributed by atoms with Gasteiger partial charge in [0.25, 0.3) is 0 Å². The first-order chi connectivity index (χ1) is 22.3. The molecule has 2 aromatic heterocycles. The minimum absolute atomic E-state index is 0.00538. The van der Waals surface area contributed by atoms with Gasteiger partial charge >= 0.3 is 6.85 Å². The molecule has 12 rings (SSSR count).